The van der Waals surface area contributed by atoms with Crippen molar-refractivity contribution in [2.45, 2.75) is 39.7 Å². The van der Waals surface area contributed by atoms with E-state index in [9.17, 15) is 0 Å². The van der Waals surface area contributed by atoms with E-state index in [0.29, 0.717) is 12.0 Å². The summed E-state index contributed by atoms with van der Waals surface area (Å²) in [5.74, 6) is 0.711. The molecular formula is C11H20N2S. The topological polar surface area (TPSA) is 24.9 Å². The lowest BCUT2D eigenvalue weighted by Gasteiger charge is -2.15. The first-order valence-electron chi connectivity index (χ1n) is 5.20. The Hall–Kier alpha value is -0.410. The molecule has 0 bridgehead atoms. The fourth-order valence-electron chi connectivity index (χ4n) is 1.60. The summed E-state index contributed by atoms with van der Waals surface area (Å²) in [5, 5.41) is 6.67. The van der Waals surface area contributed by atoms with Crippen LogP contribution in [0.5, 0.6) is 0 Å². The van der Waals surface area contributed by atoms with Crippen molar-refractivity contribution < 1.29 is 0 Å². The monoisotopic (exact) mass is 212 g/mol. The van der Waals surface area contributed by atoms with Crippen molar-refractivity contribution in [2.24, 2.45) is 5.92 Å². The van der Waals surface area contributed by atoms with Crippen LogP contribution in [0.3, 0.4) is 0 Å². The van der Waals surface area contributed by atoms with Gasteiger partial charge in [0.25, 0.3) is 0 Å². The Kier molecular flexibility index (Phi) is 4.55. The van der Waals surface area contributed by atoms with Crippen LogP contribution in [0.25, 0.3) is 0 Å². The van der Waals surface area contributed by atoms with E-state index in [1.807, 2.05) is 7.05 Å². The molecule has 0 spiro atoms. The first kappa shape index (κ1) is 11.7. The number of nitrogens with one attached hydrogen (secondary N) is 1. The molecule has 1 aromatic heterocycles. The van der Waals surface area contributed by atoms with E-state index < -0.39 is 0 Å². The average Bonchev–Trinajstić information content (AvgIpc) is 2.50. The fraction of sp³-hybridized carbons (Fsp3) is 0.727. The van der Waals surface area contributed by atoms with Crippen LogP contribution in [0.15, 0.2) is 5.38 Å². The molecule has 3 heteroatoms. The summed E-state index contributed by atoms with van der Waals surface area (Å²) in [4.78, 5) is 4.48. The number of aromatic nitrogens is 1. The van der Waals surface area contributed by atoms with Gasteiger partial charge in [0.1, 0.15) is 0 Å². The molecule has 2 atom stereocenters. The Bertz CT molecular complexity index is 270. The van der Waals surface area contributed by atoms with Crippen molar-refractivity contribution in [1.29, 1.82) is 0 Å². The minimum Gasteiger partial charge on any atom is -0.317 e. The molecule has 1 rings (SSSR count). The number of hydrogen-bond donors (Lipinski definition) is 1. The summed E-state index contributed by atoms with van der Waals surface area (Å²) in [6.07, 6.45) is 2.33. The lowest BCUT2D eigenvalue weighted by molar-refractivity contribution is 0.439. The summed E-state index contributed by atoms with van der Waals surface area (Å²) in [7, 11) is 2.02. The van der Waals surface area contributed by atoms with Crippen LogP contribution in [0, 0.1) is 12.8 Å². The van der Waals surface area contributed by atoms with Crippen LogP contribution in [-0.2, 0) is 6.42 Å². The van der Waals surface area contributed by atoms with Crippen LogP contribution in [0.2, 0.25) is 0 Å². The minimum atomic E-state index is 0.603. The van der Waals surface area contributed by atoms with Gasteiger partial charge in [-0.2, -0.15) is 0 Å². The Morgan fingerprint density at radius 2 is 2.21 bits per heavy atom. The number of aryl methyl sites for hydroxylation is 1. The molecule has 0 aromatic carbocycles. The van der Waals surface area contributed by atoms with E-state index in [1.54, 1.807) is 11.3 Å². The maximum atomic E-state index is 4.48. The van der Waals surface area contributed by atoms with Crippen molar-refractivity contribution in [3.63, 3.8) is 0 Å². The highest BCUT2D eigenvalue weighted by Crippen LogP contribution is 2.16. The van der Waals surface area contributed by atoms with Crippen LogP contribution in [0.1, 0.15) is 31.0 Å². The molecule has 0 aliphatic carbocycles. The van der Waals surface area contributed by atoms with Crippen molar-refractivity contribution in [3.05, 3.63) is 16.1 Å². The van der Waals surface area contributed by atoms with Crippen molar-refractivity contribution in [3.8, 4) is 0 Å². The van der Waals surface area contributed by atoms with Gasteiger partial charge in [-0.1, -0.05) is 6.92 Å². The highest BCUT2D eigenvalue weighted by molar-refractivity contribution is 7.09. The molecule has 0 fully saturated rings. The Morgan fingerprint density at radius 1 is 1.50 bits per heavy atom. The molecule has 0 amide bonds. The highest BCUT2D eigenvalue weighted by Gasteiger charge is 2.09. The zero-order valence-electron chi connectivity index (χ0n) is 9.50. The van der Waals surface area contributed by atoms with E-state index in [4.69, 9.17) is 0 Å². The normalized spacial score (nSPS) is 15.4. The standard InChI is InChI=1S/C11H20N2S/c1-8(5-9(2)12-4)6-11-13-10(3)7-14-11/h7-9,12H,5-6H2,1-4H3. The highest BCUT2D eigenvalue weighted by atomic mass is 32.1. The molecule has 1 aromatic rings. The molecule has 0 saturated heterocycles. The first-order valence-corrected chi connectivity index (χ1v) is 6.08. The lowest BCUT2D eigenvalue weighted by atomic mass is 10.00. The van der Waals surface area contributed by atoms with E-state index in [0.717, 1.165) is 12.1 Å². The van der Waals surface area contributed by atoms with Crippen molar-refractivity contribution in [2.75, 3.05) is 7.05 Å². The minimum absolute atomic E-state index is 0.603. The van der Waals surface area contributed by atoms with Crippen molar-refractivity contribution in [1.82, 2.24) is 10.3 Å². The van der Waals surface area contributed by atoms with Gasteiger partial charge >= 0.3 is 0 Å². The van der Waals surface area contributed by atoms with Gasteiger partial charge in [0.2, 0.25) is 0 Å². The molecule has 80 valence electrons. The molecule has 0 aliphatic rings. The molecule has 1 heterocycles. The predicted molar refractivity (Wildman–Crippen MR) is 62.9 cm³/mol. The Balaban J connectivity index is 2.37. The predicted octanol–water partition coefficient (Wildman–Crippen LogP) is 2.63. The number of hydrogen-bond acceptors (Lipinski definition) is 3. The van der Waals surface area contributed by atoms with Gasteiger partial charge in [-0.05, 0) is 33.2 Å². The Labute approximate surface area is 90.8 Å². The zero-order valence-corrected chi connectivity index (χ0v) is 10.3. The number of nitrogens with zero attached hydrogens (tertiary/aromatic N) is 1. The van der Waals surface area contributed by atoms with Crippen molar-refractivity contribution >= 4 is 11.3 Å². The summed E-state index contributed by atoms with van der Waals surface area (Å²) in [5.41, 5.74) is 1.15. The van der Waals surface area contributed by atoms with Gasteiger partial charge < -0.3 is 5.32 Å². The van der Waals surface area contributed by atoms with Gasteiger partial charge in [0.15, 0.2) is 0 Å². The van der Waals surface area contributed by atoms with Gasteiger partial charge in [-0.15, -0.1) is 11.3 Å². The molecular weight excluding hydrogens is 192 g/mol. The molecule has 1 N–H and O–H groups in total. The molecule has 14 heavy (non-hydrogen) atoms. The fourth-order valence-corrected chi connectivity index (χ4v) is 2.54. The second kappa shape index (κ2) is 5.47. The van der Waals surface area contributed by atoms with Gasteiger partial charge in [-0.25, -0.2) is 4.98 Å². The number of rotatable bonds is 5. The molecule has 2 unspecified atom stereocenters. The smallest absolute Gasteiger partial charge is 0.0930 e. The van der Waals surface area contributed by atoms with Gasteiger partial charge in [-0.3, -0.25) is 0 Å². The van der Waals surface area contributed by atoms with Crippen LogP contribution in [0.4, 0.5) is 0 Å². The third-order valence-electron chi connectivity index (χ3n) is 2.44. The zero-order chi connectivity index (χ0) is 10.6. The van der Waals surface area contributed by atoms with E-state index >= 15 is 0 Å². The molecule has 2 nitrogen and oxygen atoms in total. The van der Waals surface area contributed by atoms with E-state index in [-0.39, 0.29) is 0 Å². The maximum Gasteiger partial charge on any atom is 0.0930 e. The summed E-state index contributed by atoms with van der Waals surface area (Å²) >= 11 is 1.78. The van der Waals surface area contributed by atoms with Gasteiger partial charge in [0, 0.05) is 23.5 Å². The summed E-state index contributed by atoms with van der Waals surface area (Å²) in [6, 6.07) is 0.603. The molecule has 0 radical (unpaired) electrons. The summed E-state index contributed by atoms with van der Waals surface area (Å²) < 4.78 is 0. The molecule has 0 saturated carbocycles. The quantitative estimate of drug-likeness (QED) is 0.811. The Morgan fingerprint density at radius 3 is 2.71 bits per heavy atom. The first-order chi connectivity index (χ1) is 6.61. The van der Waals surface area contributed by atoms with E-state index in [1.165, 1.54) is 11.4 Å². The third kappa shape index (κ3) is 3.76. The lowest BCUT2D eigenvalue weighted by Crippen LogP contribution is -2.24. The SMILES string of the molecule is CNC(C)CC(C)Cc1nc(C)cs1. The summed E-state index contributed by atoms with van der Waals surface area (Å²) in [6.45, 7) is 6.58. The van der Waals surface area contributed by atoms with Gasteiger partial charge in [0.05, 0.1) is 5.01 Å². The molecule has 0 aliphatic heterocycles. The second-order valence-electron chi connectivity index (χ2n) is 4.12. The average molecular weight is 212 g/mol. The van der Waals surface area contributed by atoms with Crippen LogP contribution >= 0.6 is 11.3 Å². The second-order valence-corrected chi connectivity index (χ2v) is 5.06. The van der Waals surface area contributed by atoms with Crippen LogP contribution in [-0.4, -0.2) is 18.1 Å². The third-order valence-corrected chi connectivity index (χ3v) is 3.43. The van der Waals surface area contributed by atoms with E-state index in [2.05, 4.69) is 36.5 Å². The maximum absolute atomic E-state index is 4.48. The van der Waals surface area contributed by atoms with Crippen LogP contribution < -0.4 is 5.32 Å². The largest absolute Gasteiger partial charge is 0.317 e. The number of thiazole rings is 1.